The molecule has 0 fully saturated rings. The molecule has 37 heavy (non-hydrogen) atoms. The monoisotopic (exact) mass is 572 g/mol. The van der Waals surface area contributed by atoms with Crippen molar-refractivity contribution in [2.75, 3.05) is 107 Å². The highest BCUT2D eigenvalue weighted by Crippen LogP contribution is 2.17. The average Bonchev–Trinajstić information content (AvgIpc) is 2.91. The molecule has 0 unspecified atom stereocenters. The van der Waals surface area contributed by atoms with Crippen molar-refractivity contribution in [1.82, 2.24) is 21.3 Å². The van der Waals surface area contributed by atoms with E-state index < -0.39 is 17.6 Å². The molecule has 0 aromatic rings. The number of nitrogens with one attached hydrogen (secondary N) is 4. The van der Waals surface area contributed by atoms with Crippen LogP contribution in [0.4, 0.5) is 0 Å². The first-order valence-electron chi connectivity index (χ1n) is 13.8. The predicted octanol–water partition coefficient (Wildman–Crippen LogP) is -0.0447. The molecule has 12 nitrogen and oxygen atoms in total. The SMILES string of the molecule is CCO[Si](CCCNCCNCCN)(OCC)OCC.CO[Si](CCCNCCNCCN)(OC)OC. The average molecular weight is 573 g/mol. The highest BCUT2D eigenvalue weighted by Gasteiger charge is 2.39. The van der Waals surface area contributed by atoms with E-state index in [1.807, 2.05) is 20.8 Å². The van der Waals surface area contributed by atoms with Gasteiger partial charge in [-0.05, 0) is 46.7 Å². The summed E-state index contributed by atoms with van der Waals surface area (Å²) in [4.78, 5) is 0. The van der Waals surface area contributed by atoms with E-state index in [1.165, 1.54) is 0 Å². The summed E-state index contributed by atoms with van der Waals surface area (Å²) in [5, 5.41) is 13.2. The van der Waals surface area contributed by atoms with Crippen LogP contribution in [0.25, 0.3) is 0 Å². The smallest absolute Gasteiger partial charge is 0.377 e. The van der Waals surface area contributed by atoms with Crippen LogP contribution >= 0.6 is 0 Å². The Kier molecular flexibility index (Phi) is 30.6. The van der Waals surface area contributed by atoms with E-state index in [9.17, 15) is 0 Å². The third kappa shape index (κ3) is 22.5. The maximum atomic E-state index is 5.81. The largest absolute Gasteiger partial charge is 0.500 e. The predicted molar refractivity (Wildman–Crippen MR) is 156 cm³/mol. The number of nitrogens with two attached hydrogens (primary N) is 2. The third-order valence-electron chi connectivity index (χ3n) is 5.30. The Morgan fingerprint density at radius 3 is 1.11 bits per heavy atom. The zero-order valence-corrected chi connectivity index (χ0v) is 26.6. The van der Waals surface area contributed by atoms with Gasteiger partial charge in [0, 0.05) is 106 Å². The van der Waals surface area contributed by atoms with Crippen LogP contribution in [0.2, 0.25) is 12.1 Å². The van der Waals surface area contributed by atoms with Crippen LogP contribution in [-0.4, -0.2) is 124 Å². The van der Waals surface area contributed by atoms with Crippen LogP contribution in [0.3, 0.4) is 0 Å². The molecule has 14 heteroatoms. The van der Waals surface area contributed by atoms with Crippen LogP contribution in [0.5, 0.6) is 0 Å². The van der Waals surface area contributed by atoms with Crippen molar-refractivity contribution in [3.8, 4) is 0 Å². The van der Waals surface area contributed by atoms with Gasteiger partial charge in [-0.2, -0.15) is 0 Å². The Morgan fingerprint density at radius 2 is 0.811 bits per heavy atom. The molecule has 0 aliphatic rings. The molecule has 0 aromatic carbocycles. The molecule has 0 rings (SSSR count). The fraction of sp³-hybridized carbons (Fsp3) is 1.00. The first-order chi connectivity index (χ1) is 18.0. The van der Waals surface area contributed by atoms with Crippen molar-refractivity contribution in [2.45, 2.75) is 45.7 Å². The summed E-state index contributed by atoms with van der Waals surface area (Å²) in [6.07, 6.45) is 1.99. The van der Waals surface area contributed by atoms with Crippen molar-refractivity contribution in [1.29, 1.82) is 0 Å². The molecule has 0 saturated heterocycles. The Hall–Kier alpha value is -0.0462. The van der Waals surface area contributed by atoms with Gasteiger partial charge in [0.1, 0.15) is 0 Å². The Bertz CT molecular complexity index is 435. The summed E-state index contributed by atoms with van der Waals surface area (Å²) in [6, 6.07) is 1.70. The summed E-state index contributed by atoms with van der Waals surface area (Å²) in [6.45, 7) is 16.7. The minimum atomic E-state index is -2.45. The van der Waals surface area contributed by atoms with E-state index in [0.717, 1.165) is 77.3 Å². The molecular formula is C23H60N6O6Si2. The lowest BCUT2D eigenvalue weighted by Gasteiger charge is -2.28. The van der Waals surface area contributed by atoms with Gasteiger partial charge in [-0.3, -0.25) is 0 Å². The normalized spacial score (nSPS) is 12.0. The van der Waals surface area contributed by atoms with Gasteiger partial charge < -0.3 is 59.3 Å². The molecule has 8 N–H and O–H groups in total. The Morgan fingerprint density at radius 1 is 0.486 bits per heavy atom. The number of rotatable bonds is 27. The van der Waals surface area contributed by atoms with Gasteiger partial charge in [-0.15, -0.1) is 0 Å². The van der Waals surface area contributed by atoms with E-state index in [-0.39, 0.29) is 0 Å². The van der Waals surface area contributed by atoms with Crippen LogP contribution in [0, 0.1) is 0 Å². The molecule has 0 aliphatic carbocycles. The van der Waals surface area contributed by atoms with Gasteiger partial charge in [0.05, 0.1) is 0 Å². The number of hydrogen-bond donors (Lipinski definition) is 6. The maximum Gasteiger partial charge on any atom is 0.500 e. The van der Waals surface area contributed by atoms with Gasteiger partial charge in [0.2, 0.25) is 0 Å². The van der Waals surface area contributed by atoms with Gasteiger partial charge in [-0.1, -0.05) is 0 Å². The van der Waals surface area contributed by atoms with E-state index in [1.54, 1.807) is 21.3 Å². The quantitative estimate of drug-likeness (QED) is 0.0577. The van der Waals surface area contributed by atoms with Gasteiger partial charge in [0.15, 0.2) is 0 Å². The second-order valence-electron chi connectivity index (χ2n) is 8.06. The van der Waals surface area contributed by atoms with Crippen LogP contribution in [0.1, 0.15) is 33.6 Å². The van der Waals surface area contributed by atoms with Crippen molar-refractivity contribution in [3.63, 3.8) is 0 Å². The van der Waals surface area contributed by atoms with E-state index in [4.69, 9.17) is 38.0 Å². The molecule has 0 amide bonds. The van der Waals surface area contributed by atoms with Crippen LogP contribution < -0.4 is 32.7 Å². The lowest BCUT2D eigenvalue weighted by molar-refractivity contribution is 0.0708. The Balaban J connectivity index is 0. The second-order valence-corrected chi connectivity index (χ2v) is 13.9. The van der Waals surface area contributed by atoms with Gasteiger partial charge in [-0.25, -0.2) is 0 Å². The first-order valence-corrected chi connectivity index (χ1v) is 17.7. The van der Waals surface area contributed by atoms with Crippen molar-refractivity contribution < 1.29 is 26.6 Å². The van der Waals surface area contributed by atoms with Gasteiger partial charge >= 0.3 is 17.6 Å². The van der Waals surface area contributed by atoms with E-state index in [2.05, 4.69) is 21.3 Å². The maximum absolute atomic E-state index is 5.81. The summed E-state index contributed by atoms with van der Waals surface area (Å²) in [5.74, 6) is 0. The van der Waals surface area contributed by atoms with Gasteiger partial charge in [0.25, 0.3) is 0 Å². The first kappa shape index (κ1) is 39.1. The fourth-order valence-corrected chi connectivity index (χ4v) is 7.81. The highest BCUT2D eigenvalue weighted by atomic mass is 28.4. The van der Waals surface area contributed by atoms with E-state index >= 15 is 0 Å². The van der Waals surface area contributed by atoms with Crippen molar-refractivity contribution in [2.24, 2.45) is 11.5 Å². The number of hydrogen-bond acceptors (Lipinski definition) is 12. The summed E-state index contributed by atoms with van der Waals surface area (Å²) >= 11 is 0. The summed E-state index contributed by atoms with van der Waals surface area (Å²) < 4.78 is 33.4. The highest BCUT2D eigenvalue weighted by molar-refractivity contribution is 6.61. The standard InChI is InChI=1S/C13H33N3O3Si.C10H27N3O3Si/c1-4-17-20(18-5-2,19-6-3)13-7-9-15-11-12-16-10-8-14;1-14-17(15-2,16-3)10-4-6-12-8-9-13-7-5-11/h15-16H,4-14H2,1-3H3;12-13H,4-11H2,1-3H3. The molecular weight excluding hydrogens is 512 g/mol. The molecule has 0 bridgehead atoms. The van der Waals surface area contributed by atoms with Crippen LogP contribution in [-0.2, 0) is 26.6 Å². The molecule has 226 valence electrons. The fourth-order valence-electron chi connectivity index (χ4n) is 3.47. The molecule has 0 radical (unpaired) electrons. The zero-order valence-electron chi connectivity index (χ0n) is 24.6. The third-order valence-corrected chi connectivity index (χ3v) is 11.3. The molecule has 0 heterocycles. The molecule has 0 saturated carbocycles. The van der Waals surface area contributed by atoms with E-state index in [0.29, 0.717) is 32.9 Å². The Labute approximate surface area is 229 Å². The topological polar surface area (TPSA) is 156 Å². The lowest BCUT2D eigenvalue weighted by Crippen LogP contribution is -2.46. The summed E-state index contributed by atoms with van der Waals surface area (Å²) in [7, 11) is 0.107. The summed E-state index contributed by atoms with van der Waals surface area (Å²) in [5.41, 5.74) is 10.8. The molecule has 0 aliphatic heterocycles. The molecule has 0 aromatic heterocycles. The zero-order chi connectivity index (χ0) is 28.1. The van der Waals surface area contributed by atoms with Crippen molar-refractivity contribution >= 4 is 17.6 Å². The van der Waals surface area contributed by atoms with Crippen LogP contribution in [0.15, 0.2) is 0 Å². The molecule has 0 atom stereocenters. The molecule has 0 spiro atoms. The van der Waals surface area contributed by atoms with Crippen molar-refractivity contribution in [3.05, 3.63) is 0 Å². The minimum absolute atomic E-state index is 0.642. The second kappa shape index (κ2) is 28.9. The minimum Gasteiger partial charge on any atom is -0.377 e. The lowest BCUT2D eigenvalue weighted by atomic mass is 10.4.